The van der Waals surface area contributed by atoms with Gasteiger partial charge in [0.1, 0.15) is 0 Å². The Morgan fingerprint density at radius 1 is 0.872 bits per heavy atom. The smallest absolute Gasteiger partial charge is 0.253 e. The van der Waals surface area contributed by atoms with Crippen LogP contribution in [-0.4, -0.2) is 68.9 Å². The zero-order valence-electron chi connectivity index (χ0n) is 23.0. The molecule has 7 nitrogen and oxygen atoms in total. The maximum atomic E-state index is 13.9. The minimum atomic E-state index is -2.94. The number of nitrogens with zero attached hydrogens (tertiary/aromatic N) is 2. The molecule has 2 aromatic rings. The third-order valence-electron chi connectivity index (χ3n) is 9.20. The lowest BCUT2D eigenvalue weighted by molar-refractivity contribution is -0.129. The molecule has 0 bridgehead atoms. The second-order valence-corrected chi connectivity index (χ2v) is 13.9. The van der Waals surface area contributed by atoms with Crippen LogP contribution in [-0.2, 0) is 20.0 Å². The zero-order valence-corrected chi connectivity index (χ0v) is 23.8. The predicted molar refractivity (Wildman–Crippen MR) is 155 cm³/mol. The van der Waals surface area contributed by atoms with Gasteiger partial charge < -0.3 is 15.1 Å². The number of hydrogen-bond acceptors (Lipinski definition) is 5. The Balaban J connectivity index is 1.25. The molecule has 3 aliphatic rings. The lowest BCUT2D eigenvalue weighted by Gasteiger charge is -2.42. The lowest BCUT2D eigenvalue weighted by Crippen LogP contribution is -2.55. The van der Waals surface area contributed by atoms with Crippen molar-refractivity contribution in [1.82, 2.24) is 10.2 Å². The Kier molecular flexibility index (Phi) is 8.31. The number of piperidine rings is 1. The van der Waals surface area contributed by atoms with Crippen molar-refractivity contribution in [2.24, 2.45) is 5.92 Å². The number of sulfone groups is 1. The summed E-state index contributed by atoms with van der Waals surface area (Å²) in [4.78, 5) is 31.2. The third-order valence-corrected chi connectivity index (χ3v) is 10.8. The van der Waals surface area contributed by atoms with Gasteiger partial charge in [0.2, 0.25) is 5.91 Å². The van der Waals surface area contributed by atoms with Crippen LogP contribution >= 0.6 is 0 Å². The van der Waals surface area contributed by atoms with Gasteiger partial charge in [-0.3, -0.25) is 9.59 Å². The molecule has 210 valence electrons. The minimum Gasteiger partial charge on any atom is -0.369 e. The predicted octanol–water partition coefficient (Wildman–Crippen LogP) is 4.18. The molecule has 1 atom stereocenters. The fourth-order valence-corrected chi connectivity index (χ4v) is 7.76. The first kappa shape index (κ1) is 27.7. The SMILES string of the molecule is C[C@H](NC(=O)C1(c2ccccc2)CCN(C(=O)c2ccc(N3CCS(=O)(=O)CC3)cc2)CC1)C1CCCCC1. The van der Waals surface area contributed by atoms with Crippen LogP contribution in [0, 0.1) is 5.92 Å². The molecule has 1 aliphatic carbocycles. The highest BCUT2D eigenvalue weighted by Gasteiger charge is 2.44. The first-order valence-electron chi connectivity index (χ1n) is 14.5. The monoisotopic (exact) mass is 551 g/mol. The van der Waals surface area contributed by atoms with Crippen LogP contribution in [0.5, 0.6) is 0 Å². The molecule has 5 rings (SSSR count). The topological polar surface area (TPSA) is 86.8 Å². The molecule has 2 heterocycles. The highest BCUT2D eigenvalue weighted by Crippen LogP contribution is 2.37. The fourth-order valence-electron chi connectivity index (χ4n) is 6.56. The summed E-state index contributed by atoms with van der Waals surface area (Å²) in [5.41, 5.74) is 1.94. The van der Waals surface area contributed by atoms with Crippen LogP contribution in [0.3, 0.4) is 0 Å². The van der Waals surface area contributed by atoms with Crippen molar-refractivity contribution >= 4 is 27.3 Å². The fraction of sp³-hybridized carbons (Fsp3) is 0.548. The molecule has 1 saturated carbocycles. The molecule has 8 heteroatoms. The van der Waals surface area contributed by atoms with E-state index in [1.54, 1.807) is 0 Å². The summed E-state index contributed by atoms with van der Waals surface area (Å²) in [5.74, 6) is 0.927. The highest BCUT2D eigenvalue weighted by molar-refractivity contribution is 7.91. The summed E-state index contributed by atoms with van der Waals surface area (Å²) >= 11 is 0. The Hall–Kier alpha value is -2.87. The number of benzene rings is 2. The largest absolute Gasteiger partial charge is 0.369 e. The Morgan fingerprint density at radius 2 is 1.49 bits per heavy atom. The van der Waals surface area contributed by atoms with Gasteiger partial charge in [0, 0.05) is 43.5 Å². The molecular formula is C31H41N3O4S. The van der Waals surface area contributed by atoms with Gasteiger partial charge in [-0.15, -0.1) is 0 Å². The molecule has 0 aromatic heterocycles. The second-order valence-electron chi connectivity index (χ2n) is 11.6. The van der Waals surface area contributed by atoms with Gasteiger partial charge in [-0.2, -0.15) is 0 Å². The van der Waals surface area contributed by atoms with E-state index < -0.39 is 15.3 Å². The summed E-state index contributed by atoms with van der Waals surface area (Å²) in [7, 11) is -2.94. The Morgan fingerprint density at radius 3 is 2.10 bits per heavy atom. The van der Waals surface area contributed by atoms with Gasteiger partial charge >= 0.3 is 0 Å². The van der Waals surface area contributed by atoms with E-state index in [2.05, 4.69) is 17.1 Å². The van der Waals surface area contributed by atoms with Crippen molar-refractivity contribution in [3.05, 3.63) is 65.7 Å². The number of likely N-dealkylation sites (tertiary alicyclic amines) is 1. The van der Waals surface area contributed by atoms with Crippen LogP contribution in [0.25, 0.3) is 0 Å². The standard InChI is InChI=1S/C31H41N3O4S/c1-24(25-8-4-2-5-9-25)32-30(36)31(27-10-6-3-7-11-27)16-18-34(19-17-31)29(35)26-12-14-28(15-13-26)33-20-22-39(37,38)23-21-33/h3,6-7,10-15,24-25H,2,4-5,8-9,16-23H2,1H3,(H,32,36)/t24-/m0/s1. The summed E-state index contributed by atoms with van der Waals surface area (Å²) < 4.78 is 23.5. The van der Waals surface area contributed by atoms with Gasteiger partial charge in [0.25, 0.3) is 5.91 Å². The van der Waals surface area contributed by atoms with Gasteiger partial charge in [-0.1, -0.05) is 49.6 Å². The van der Waals surface area contributed by atoms with Crippen molar-refractivity contribution in [1.29, 1.82) is 0 Å². The summed E-state index contributed by atoms with van der Waals surface area (Å²) in [5, 5.41) is 3.39. The number of nitrogens with one attached hydrogen (secondary N) is 1. The normalized spacial score (nSPS) is 22.2. The lowest BCUT2D eigenvalue weighted by atomic mass is 9.71. The second kappa shape index (κ2) is 11.7. The molecule has 2 aliphatic heterocycles. The van der Waals surface area contributed by atoms with E-state index in [0.29, 0.717) is 50.5 Å². The van der Waals surface area contributed by atoms with E-state index in [-0.39, 0.29) is 29.4 Å². The maximum Gasteiger partial charge on any atom is 0.253 e. The number of rotatable bonds is 6. The molecule has 39 heavy (non-hydrogen) atoms. The first-order valence-corrected chi connectivity index (χ1v) is 16.3. The van der Waals surface area contributed by atoms with Crippen molar-refractivity contribution < 1.29 is 18.0 Å². The molecule has 0 spiro atoms. The summed E-state index contributed by atoms with van der Waals surface area (Å²) in [6.07, 6.45) is 7.31. The van der Waals surface area contributed by atoms with E-state index in [4.69, 9.17) is 0 Å². The molecule has 2 amide bonds. The van der Waals surface area contributed by atoms with E-state index in [1.165, 1.54) is 32.1 Å². The van der Waals surface area contributed by atoms with Crippen LogP contribution in [0.2, 0.25) is 0 Å². The quantitative estimate of drug-likeness (QED) is 0.582. The van der Waals surface area contributed by atoms with Crippen LogP contribution in [0.4, 0.5) is 5.69 Å². The van der Waals surface area contributed by atoms with Crippen molar-refractivity contribution in [2.45, 2.75) is 63.3 Å². The van der Waals surface area contributed by atoms with Crippen molar-refractivity contribution in [2.75, 3.05) is 42.6 Å². The molecule has 2 aromatic carbocycles. The number of carbonyl (C=O) groups is 2. The van der Waals surface area contributed by atoms with Gasteiger partial charge in [0.05, 0.1) is 16.9 Å². The summed E-state index contributed by atoms with van der Waals surface area (Å²) in [6.45, 7) is 4.14. The average Bonchev–Trinajstić information content (AvgIpc) is 2.98. The molecule has 0 unspecified atom stereocenters. The van der Waals surface area contributed by atoms with E-state index in [9.17, 15) is 18.0 Å². The van der Waals surface area contributed by atoms with Crippen molar-refractivity contribution in [3.63, 3.8) is 0 Å². The van der Waals surface area contributed by atoms with Crippen LogP contribution in [0.1, 0.15) is 67.8 Å². The molecule has 0 radical (unpaired) electrons. The van der Waals surface area contributed by atoms with Gasteiger partial charge in [0.15, 0.2) is 9.84 Å². The van der Waals surface area contributed by atoms with Crippen molar-refractivity contribution in [3.8, 4) is 0 Å². The maximum absolute atomic E-state index is 13.9. The average molecular weight is 552 g/mol. The Labute approximate surface area is 232 Å². The van der Waals surface area contributed by atoms with Crippen LogP contribution < -0.4 is 10.2 Å². The number of hydrogen-bond donors (Lipinski definition) is 1. The number of carbonyl (C=O) groups excluding carboxylic acids is 2. The van der Waals surface area contributed by atoms with E-state index >= 15 is 0 Å². The van der Waals surface area contributed by atoms with Gasteiger partial charge in [-0.05, 0) is 68.4 Å². The molecule has 3 fully saturated rings. The van der Waals surface area contributed by atoms with E-state index in [0.717, 1.165) is 11.3 Å². The van der Waals surface area contributed by atoms with Gasteiger partial charge in [-0.25, -0.2) is 8.42 Å². The van der Waals surface area contributed by atoms with E-state index in [1.807, 2.05) is 59.5 Å². The first-order chi connectivity index (χ1) is 18.8. The number of amides is 2. The molecule has 1 N–H and O–H groups in total. The molecular weight excluding hydrogens is 510 g/mol. The Bertz CT molecular complexity index is 1230. The number of anilines is 1. The summed E-state index contributed by atoms with van der Waals surface area (Å²) in [6, 6.07) is 17.7. The highest BCUT2D eigenvalue weighted by atomic mass is 32.2. The van der Waals surface area contributed by atoms with Crippen LogP contribution in [0.15, 0.2) is 54.6 Å². The minimum absolute atomic E-state index is 0.0274. The third kappa shape index (κ3) is 6.16. The zero-order chi connectivity index (χ0) is 27.5. The molecule has 2 saturated heterocycles.